The third kappa shape index (κ3) is 3.18. The SMILES string of the molecule is Cl.Cl.NC1CCC2CN(Cc3ccccc3)CC12. The van der Waals surface area contributed by atoms with Crippen LogP contribution in [0.25, 0.3) is 0 Å². The molecule has 1 saturated heterocycles. The topological polar surface area (TPSA) is 29.3 Å². The van der Waals surface area contributed by atoms with Crippen LogP contribution in [0.1, 0.15) is 18.4 Å². The van der Waals surface area contributed by atoms with Gasteiger partial charge >= 0.3 is 0 Å². The van der Waals surface area contributed by atoms with Crippen LogP contribution >= 0.6 is 24.8 Å². The Hall–Kier alpha value is -0.280. The van der Waals surface area contributed by atoms with Crippen LogP contribution in [-0.2, 0) is 6.54 Å². The van der Waals surface area contributed by atoms with E-state index >= 15 is 0 Å². The van der Waals surface area contributed by atoms with Gasteiger partial charge < -0.3 is 5.73 Å². The Morgan fingerprint density at radius 3 is 2.44 bits per heavy atom. The molecule has 1 aromatic carbocycles. The number of hydrogen-bond acceptors (Lipinski definition) is 2. The van der Waals surface area contributed by atoms with Crippen molar-refractivity contribution in [2.24, 2.45) is 17.6 Å². The number of fused-ring (bicyclic) bond motifs is 1. The molecule has 1 aliphatic carbocycles. The van der Waals surface area contributed by atoms with Gasteiger partial charge in [-0.25, -0.2) is 0 Å². The predicted molar refractivity (Wildman–Crippen MR) is 80.4 cm³/mol. The Labute approximate surface area is 122 Å². The maximum absolute atomic E-state index is 6.15. The summed E-state index contributed by atoms with van der Waals surface area (Å²) in [6, 6.07) is 11.2. The van der Waals surface area contributed by atoms with Gasteiger partial charge in [0.1, 0.15) is 0 Å². The largest absolute Gasteiger partial charge is 0.327 e. The molecule has 3 atom stereocenters. The second kappa shape index (κ2) is 6.76. The molecule has 18 heavy (non-hydrogen) atoms. The molecule has 2 fully saturated rings. The van der Waals surface area contributed by atoms with Gasteiger partial charge in [-0.05, 0) is 30.2 Å². The summed E-state index contributed by atoms with van der Waals surface area (Å²) in [5.41, 5.74) is 7.58. The van der Waals surface area contributed by atoms with Crippen LogP contribution in [0.3, 0.4) is 0 Å². The molecule has 0 radical (unpaired) electrons. The molecule has 0 spiro atoms. The van der Waals surface area contributed by atoms with Crippen LogP contribution in [0, 0.1) is 11.8 Å². The summed E-state index contributed by atoms with van der Waals surface area (Å²) in [7, 11) is 0. The van der Waals surface area contributed by atoms with Gasteiger partial charge in [0.2, 0.25) is 0 Å². The quantitative estimate of drug-likeness (QED) is 0.907. The number of nitrogens with zero attached hydrogens (tertiary/aromatic N) is 1. The third-order valence-corrected chi connectivity index (χ3v) is 4.24. The number of hydrogen-bond donors (Lipinski definition) is 1. The molecular formula is C14H22Cl2N2. The van der Waals surface area contributed by atoms with Crippen molar-refractivity contribution in [2.75, 3.05) is 13.1 Å². The molecule has 1 aliphatic heterocycles. The van der Waals surface area contributed by atoms with Crippen molar-refractivity contribution in [1.29, 1.82) is 0 Å². The summed E-state index contributed by atoms with van der Waals surface area (Å²) < 4.78 is 0. The zero-order valence-electron chi connectivity index (χ0n) is 10.5. The van der Waals surface area contributed by atoms with Crippen molar-refractivity contribution < 1.29 is 0 Å². The number of benzene rings is 1. The molecule has 2 N–H and O–H groups in total. The van der Waals surface area contributed by atoms with Crippen LogP contribution in [0.2, 0.25) is 0 Å². The van der Waals surface area contributed by atoms with E-state index in [-0.39, 0.29) is 24.8 Å². The minimum Gasteiger partial charge on any atom is -0.327 e. The molecule has 3 rings (SSSR count). The van der Waals surface area contributed by atoms with Gasteiger partial charge in [-0.3, -0.25) is 4.90 Å². The van der Waals surface area contributed by atoms with E-state index in [1.54, 1.807) is 0 Å². The van der Waals surface area contributed by atoms with Crippen LogP contribution in [0.5, 0.6) is 0 Å². The predicted octanol–water partition coefficient (Wildman–Crippen LogP) is 2.70. The molecule has 3 unspecified atom stereocenters. The third-order valence-electron chi connectivity index (χ3n) is 4.24. The van der Waals surface area contributed by atoms with Crippen LogP contribution in [0.4, 0.5) is 0 Å². The Morgan fingerprint density at radius 2 is 1.78 bits per heavy atom. The first kappa shape index (κ1) is 15.8. The van der Waals surface area contributed by atoms with E-state index in [4.69, 9.17) is 5.73 Å². The maximum Gasteiger partial charge on any atom is 0.0233 e. The average molecular weight is 289 g/mol. The summed E-state index contributed by atoms with van der Waals surface area (Å²) in [6.45, 7) is 3.56. The summed E-state index contributed by atoms with van der Waals surface area (Å²) in [5.74, 6) is 1.64. The van der Waals surface area contributed by atoms with Crippen molar-refractivity contribution in [3.8, 4) is 0 Å². The molecule has 0 aromatic heterocycles. The van der Waals surface area contributed by atoms with Gasteiger partial charge in [-0.15, -0.1) is 24.8 Å². The highest BCUT2D eigenvalue weighted by molar-refractivity contribution is 5.85. The first-order valence-electron chi connectivity index (χ1n) is 6.35. The van der Waals surface area contributed by atoms with Gasteiger partial charge in [-0.2, -0.15) is 0 Å². The van der Waals surface area contributed by atoms with Crippen molar-refractivity contribution in [1.82, 2.24) is 4.90 Å². The summed E-state index contributed by atoms with van der Waals surface area (Å²) in [6.07, 6.45) is 2.59. The highest BCUT2D eigenvalue weighted by Crippen LogP contribution is 2.37. The maximum atomic E-state index is 6.15. The van der Waals surface area contributed by atoms with Gasteiger partial charge in [0.25, 0.3) is 0 Å². The Morgan fingerprint density at radius 1 is 1.06 bits per heavy atom. The fourth-order valence-electron chi connectivity index (χ4n) is 3.37. The van der Waals surface area contributed by atoms with Gasteiger partial charge in [-0.1, -0.05) is 30.3 Å². The van der Waals surface area contributed by atoms with Gasteiger partial charge in [0, 0.05) is 25.7 Å². The Balaban J connectivity index is 0.000000810. The Bertz CT molecular complexity index is 358. The number of rotatable bonds is 2. The minimum atomic E-state index is 0. The fraction of sp³-hybridized carbons (Fsp3) is 0.571. The molecule has 0 bridgehead atoms. The molecule has 0 amide bonds. The smallest absolute Gasteiger partial charge is 0.0233 e. The van der Waals surface area contributed by atoms with Crippen LogP contribution < -0.4 is 5.73 Å². The van der Waals surface area contributed by atoms with E-state index in [1.165, 1.54) is 31.5 Å². The van der Waals surface area contributed by atoms with Gasteiger partial charge in [0.05, 0.1) is 0 Å². The molecule has 1 heterocycles. The van der Waals surface area contributed by atoms with Crippen molar-refractivity contribution in [3.05, 3.63) is 35.9 Å². The van der Waals surface area contributed by atoms with E-state index in [0.717, 1.165) is 18.4 Å². The van der Waals surface area contributed by atoms with E-state index in [2.05, 4.69) is 35.2 Å². The lowest BCUT2D eigenvalue weighted by Gasteiger charge is -2.18. The monoisotopic (exact) mass is 288 g/mol. The summed E-state index contributed by atoms with van der Waals surface area (Å²) in [5, 5.41) is 0. The lowest BCUT2D eigenvalue weighted by Crippen LogP contribution is -2.30. The zero-order valence-corrected chi connectivity index (χ0v) is 12.1. The zero-order chi connectivity index (χ0) is 11.0. The average Bonchev–Trinajstić information content (AvgIpc) is 2.83. The number of nitrogens with two attached hydrogens (primary N) is 1. The summed E-state index contributed by atoms with van der Waals surface area (Å²) in [4.78, 5) is 2.57. The first-order valence-corrected chi connectivity index (χ1v) is 6.35. The molecule has 2 aliphatic rings. The molecule has 4 heteroatoms. The van der Waals surface area contributed by atoms with Crippen molar-refractivity contribution >= 4 is 24.8 Å². The number of halogens is 2. The van der Waals surface area contributed by atoms with E-state index in [9.17, 15) is 0 Å². The van der Waals surface area contributed by atoms with Crippen LogP contribution in [-0.4, -0.2) is 24.0 Å². The van der Waals surface area contributed by atoms with Gasteiger partial charge in [0.15, 0.2) is 0 Å². The van der Waals surface area contributed by atoms with E-state index < -0.39 is 0 Å². The number of likely N-dealkylation sites (tertiary alicyclic amines) is 1. The molecule has 1 aromatic rings. The molecule has 1 saturated carbocycles. The normalized spacial score (nSPS) is 30.4. The lowest BCUT2D eigenvalue weighted by molar-refractivity contribution is 0.298. The minimum absolute atomic E-state index is 0. The Kier molecular flexibility index (Phi) is 5.93. The van der Waals surface area contributed by atoms with Crippen molar-refractivity contribution in [3.63, 3.8) is 0 Å². The van der Waals surface area contributed by atoms with Crippen LogP contribution in [0.15, 0.2) is 30.3 Å². The molecule has 2 nitrogen and oxygen atoms in total. The first-order chi connectivity index (χ1) is 7.83. The van der Waals surface area contributed by atoms with Crippen molar-refractivity contribution in [2.45, 2.75) is 25.4 Å². The highest BCUT2D eigenvalue weighted by atomic mass is 35.5. The lowest BCUT2D eigenvalue weighted by atomic mass is 9.98. The molecule has 102 valence electrons. The second-order valence-corrected chi connectivity index (χ2v) is 5.34. The standard InChI is InChI=1S/C14H20N2.2ClH/c15-14-7-6-12-9-16(10-13(12)14)8-11-4-2-1-3-5-11;;/h1-5,12-14H,6-10,15H2;2*1H. The van der Waals surface area contributed by atoms with E-state index in [1.807, 2.05) is 0 Å². The fourth-order valence-corrected chi connectivity index (χ4v) is 3.37. The summed E-state index contributed by atoms with van der Waals surface area (Å²) >= 11 is 0. The second-order valence-electron chi connectivity index (χ2n) is 5.34. The highest BCUT2D eigenvalue weighted by Gasteiger charge is 2.40. The molecular weight excluding hydrogens is 267 g/mol. The van der Waals surface area contributed by atoms with E-state index in [0.29, 0.717) is 6.04 Å².